The number of terminal acetylenes is 1. The summed E-state index contributed by atoms with van der Waals surface area (Å²) >= 11 is 0. The lowest BCUT2D eigenvalue weighted by Crippen LogP contribution is -2.36. The van der Waals surface area contributed by atoms with Gasteiger partial charge in [-0.3, -0.25) is 0 Å². The van der Waals surface area contributed by atoms with Gasteiger partial charge in [0.1, 0.15) is 18.3 Å². The second-order valence-corrected chi connectivity index (χ2v) is 3.82. The quantitative estimate of drug-likeness (QED) is 0.746. The van der Waals surface area contributed by atoms with E-state index < -0.39 is 31.2 Å². The summed E-state index contributed by atoms with van der Waals surface area (Å²) < 4.78 is 11.0. The molecule has 0 aliphatic carbocycles. The minimum Gasteiger partial charge on any atom is -0.394 e. The molecule has 4 heteroatoms. The molecule has 0 aromatic heterocycles. The van der Waals surface area contributed by atoms with Crippen LogP contribution in [0.4, 0.5) is 0 Å². The first-order valence-corrected chi connectivity index (χ1v) is 5.37. The van der Waals surface area contributed by atoms with E-state index in [0.29, 0.717) is 0 Å². The van der Waals surface area contributed by atoms with Gasteiger partial charge in [0.25, 0.3) is 0 Å². The molecule has 0 bridgehead atoms. The van der Waals surface area contributed by atoms with Crippen LogP contribution in [-0.2, 0) is 9.47 Å². The first-order valence-electron chi connectivity index (χ1n) is 5.37. The van der Waals surface area contributed by atoms with Crippen molar-refractivity contribution in [3.05, 3.63) is 35.9 Å². The van der Waals surface area contributed by atoms with Crippen LogP contribution in [0.3, 0.4) is 0 Å². The number of rotatable bonds is 3. The number of hydrogen-bond acceptors (Lipinski definition) is 4. The van der Waals surface area contributed by atoms with Gasteiger partial charge in [-0.05, 0) is 0 Å². The number of aliphatic hydroxyl groups excluding tert-OH is 2. The summed E-state index contributed by atoms with van der Waals surface area (Å²) in [4.78, 5) is 0. The molecule has 1 aliphatic rings. The molecule has 3 unspecified atom stereocenters. The number of ether oxygens (including phenoxy) is 2. The van der Waals surface area contributed by atoms with Crippen LogP contribution in [-0.4, -0.2) is 35.1 Å². The summed E-state index contributed by atoms with van der Waals surface area (Å²) in [7, 11) is 0. The molecule has 0 radical (unpaired) electrons. The molecule has 0 saturated carbocycles. The Morgan fingerprint density at radius 1 is 1.29 bits per heavy atom. The van der Waals surface area contributed by atoms with E-state index in [0.717, 1.165) is 5.56 Å². The molecule has 1 fully saturated rings. The van der Waals surface area contributed by atoms with Crippen LogP contribution in [0.15, 0.2) is 30.3 Å². The zero-order chi connectivity index (χ0) is 12.3. The molecule has 1 aliphatic heterocycles. The van der Waals surface area contributed by atoms with E-state index in [1.54, 1.807) is 0 Å². The van der Waals surface area contributed by atoms with Crippen LogP contribution >= 0.6 is 0 Å². The van der Waals surface area contributed by atoms with Crippen molar-refractivity contribution >= 4 is 0 Å². The molecule has 17 heavy (non-hydrogen) atoms. The average molecular weight is 234 g/mol. The van der Waals surface area contributed by atoms with Gasteiger partial charge in [0, 0.05) is 5.56 Å². The molecule has 2 N–H and O–H groups in total. The summed E-state index contributed by atoms with van der Waals surface area (Å²) in [6.07, 6.45) is 2.33. The Morgan fingerprint density at radius 3 is 2.59 bits per heavy atom. The van der Waals surface area contributed by atoms with Crippen LogP contribution in [0.5, 0.6) is 0 Å². The number of hydrogen-bond donors (Lipinski definition) is 2. The minimum absolute atomic E-state index is 0.409. The maximum Gasteiger partial charge on any atom is 0.186 e. The van der Waals surface area contributed by atoms with Crippen molar-refractivity contribution in [2.75, 3.05) is 6.61 Å². The molecule has 0 amide bonds. The van der Waals surface area contributed by atoms with Crippen LogP contribution in [0.2, 0.25) is 0 Å². The second kappa shape index (κ2) is 5.30. The maximum atomic E-state index is 9.57. The first kappa shape index (κ1) is 12.1. The lowest BCUT2D eigenvalue weighted by Gasteiger charge is -2.16. The molecule has 1 aromatic carbocycles. The van der Waals surface area contributed by atoms with Crippen molar-refractivity contribution in [3.63, 3.8) is 0 Å². The summed E-state index contributed by atoms with van der Waals surface area (Å²) in [6, 6.07) is 9.32. The van der Waals surface area contributed by atoms with E-state index in [1.165, 1.54) is 0 Å². The fourth-order valence-corrected chi connectivity index (χ4v) is 1.75. The van der Waals surface area contributed by atoms with E-state index in [4.69, 9.17) is 21.0 Å². The van der Waals surface area contributed by atoms with Gasteiger partial charge in [0.2, 0.25) is 0 Å². The van der Waals surface area contributed by atoms with Crippen molar-refractivity contribution in [1.29, 1.82) is 0 Å². The molecule has 90 valence electrons. The van der Waals surface area contributed by atoms with Crippen LogP contribution < -0.4 is 0 Å². The van der Waals surface area contributed by atoms with Crippen molar-refractivity contribution in [1.82, 2.24) is 0 Å². The zero-order valence-electron chi connectivity index (χ0n) is 9.19. The molecule has 1 aromatic rings. The lowest BCUT2D eigenvalue weighted by molar-refractivity contribution is -0.0906. The van der Waals surface area contributed by atoms with Gasteiger partial charge in [0.05, 0.1) is 6.61 Å². The predicted molar refractivity (Wildman–Crippen MR) is 60.9 cm³/mol. The van der Waals surface area contributed by atoms with Crippen LogP contribution in [0, 0.1) is 12.3 Å². The van der Waals surface area contributed by atoms with Crippen LogP contribution in [0.25, 0.3) is 0 Å². The van der Waals surface area contributed by atoms with E-state index in [9.17, 15) is 5.11 Å². The van der Waals surface area contributed by atoms with Gasteiger partial charge >= 0.3 is 0 Å². The highest BCUT2D eigenvalue weighted by Gasteiger charge is 2.39. The van der Waals surface area contributed by atoms with Gasteiger partial charge in [0.15, 0.2) is 6.29 Å². The highest BCUT2D eigenvalue weighted by molar-refractivity contribution is 5.18. The molecule has 4 nitrogen and oxygen atoms in total. The van der Waals surface area contributed by atoms with Gasteiger partial charge in [-0.1, -0.05) is 36.3 Å². The average Bonchev–Trinajstić information content (AvgIpc) is 2.83. The molecule has 1 heterocycles. The van der Waals surface area contributed by atoms with Gasteiger partial charge in [-0.2, -0.15) is 0 Å². The SMILES string of the molecule is C#CC1OC(c2ccccc2)O[C@@H]1C(O)CO. The third kappa shape index (κ3) is 2.48. The van der Waals surface area contributed by atoms with Gasteiger partial charge < -0.3 is 19.7 Å². The van der Waals surface area contributed by atoms with E-state index in [1.807, 2.05) is 30.3 Å². The summed E-state index contributed by atoms with van der Waals surface area (Å²) in [5.74, 6) is 2.41. The van der Waals surface area contributed by atoms with Gasteiger partial charge in [-0.25, -0.2) is 0 Å². The third-order valence-corrected chi connectivity index (χ3v) is 2.65. The molecule has 2 rings (SSSR count). The van der Waals surface area contributed by atoms with E-state index >= 15 is 0 Å². The molecule has 4 atom stereocenters. The standard InChI is InChI=1S/C13H14O4/c1-2-11-12(10(15)8-14)17-13(16-11)9-6-4-3-5-7-9/h1,3-7,10-15H,8H2/t10?,11?,12-,13?/m1/s1. The summed E-state index contributed by atoms with van der Waals surface area (Å²) in [6.45, 7) is -0.409. The van der Waals surface area contributed by atoms with Crippen molar-refractivity contribution in [3.8, 4) is 12.3 Å². The highest BCUT2D eigenvalue weighted by atomic mass is 16.7. The monoisotopic (exact) mass is 234 g/mol. The Balaban J connectivity index is 2.13. The van der Waals surface area contributed by atoms with Gasteiger partial charge in [-0.15, -0.1) is 6.42 Å². The van der Waals surface area contributed by atoms with Crippen molar-refractivity contribution < 1.29 is 19.7 Å². The lowest BCUT2D eigenvalue weighted by atomic mass is 10.1. The molecular weight excluding hydrogens is 220 g/mol. The summed E-state index contributed by atoms with van der Waals surface area (Å²) in [5, 5.41) is 18.5. The highest BCUT2D eigenvalue weighted by Crippen LogP contribution is 2.32. The predicted octanol–water partition coefficient (Wildman–Crippen LogP) is 0.456. The van der Waals surface area contributed by atoms with Crippen molar-refractivity contribution in [2.45, 2.75) is 24.6 Å². The second-order valence-electron chi connectivity index (χ2n) is 3.82. The van der Waals surface area contributed by atoms with E-state index in [2.05, 4.69) is 5.92 Å². The molecule has 1 saturated heterocycles. The smallest absolute Gasteiger partial charge is 0.186 e. The topological polar surface area (TPSA) is 58.9 Å². The van der Waals surface area contributed by atoms with Crippen molar-refractivity contribution in [2.24, 2.45) is 0 Å². The Hall–Kier alpha value is -1.38. The fraction of sp³-hybridized carbons (Fsp3) is 0.385. The Morgan fingerprint density at radius 2 is 2.00 bits per heavy atom. The minimum atomic E-state index is -1.04. The van der Waals surface area contributed by atoms with Crippen LogP contribution in [0.1, 0.15) is 11.9 Å². The zero-order valence-corrected chi connectivity index (χ0v) is 9.19. The maximum absolute atomic E-state index is 9.57. The first-order chi connectivity index (χ1) is 8.26. The Bertz CT molecular complexity index is 398. The normalized spacial score (nSPS) is 29.8. The number of aliphatic hydroxyl groups is 2. The number of benzene rings is 1. The Kier molecular flexibility index (Phi) is 3.77. The fourth-order valence-electron chi connectivity index (χ4n) is 1.75. The molecule has 0 spiro atoms. The third-order valence-electron chi connectivity index (χ3n) is 2.65. The Labute approximate surface area is 99.8 Å². The molecular formula is C13H14O4. The summed E-state index contributed by atoms with van der Waals surface area (Å²) in [5.41, 5.74) is 0.834. The van der Waals surface area contributed by atoms with E-state index in [-0.39, 0.29) is 0 Å². The largest absolute Gasteiger partial charge is 0.394 e.